The van der Waals surface area contributed by atoms with Crippen molar-refractivity contribution in [1.29, 1.82) is 5.26 Å². The van der Waals surface area contributed by atoms with Crippen molar-refractivity contribution in [3.05, 3.63) is 34.7 Å². The number of nitriles is 1. The summed E-state index contributed by atoms with van der Waals surface area (Å²) < 4.78 is 0.504. The summed E-state index contributed by atoms with van der Waals surface area (Å²) in [4.78, 5) is 8.84. The maximum absolute atomic E-state index is 8.56. The number of halogens is 1. The Balaban J connectivity index is 2.39. The van der Waals surface area contributed by atoms with Gasteiger partial charge in [-0.25, -0.2) is 9.97 Å². The van der Waals surface area contributed by atoms with Gasteiger partial charge in [0.2, 0.25) is 0 Å². The number of hydrogen-bond donors (Lipinski definition) is 0. The third kappa shape index (κ3) is 1.74. The fourth-order valence-corrected chi connectivity index (χ4v) is 1.92. The van der Waals surface area contributed by atoms with E-state index >= 15 is 0 Å². The predicted molar refractivity (Wildman–Crippen MR) is 55.1 cm³/mol. The summed E-state index contributed by atoms with van der Waals surface area (Å²) in [6.07, 6.45) is 3.33. The van der Waals surface area contributed by atoms with Gasteiger partial charge in [-0.2, -0.15) is 5.26 Å². The molecule has 0 unspecified atom stereocenters. The minimum Gasteiger partial charge on any atom is -0.245 e. The first-order valence-corrected chi connectivity index (χ1v) is 4.97. The minimum atomic E-state index is 0.407. The van der Waals surface area contributed by atoms with E-state index < -0.39 is 0 Å². The van der Waals surface area contributed by atoms with Gasteiger partial charge in [-0.15, -0.1) is 11.3 Å². The Labute approximate surface area is 89.6 Å². The van der Waals surface area contributed by atoms with E-state index in [2.05, 4.69) is 9.97 Å². The molecular formula is C9H4ClN3S. The molecule has 0 spiro atoms. The number of hydrogen-bond acceptors (Lipinski definition) is 4. The van der Waals surface area contributed by atoms with Crippen molar-refractivity contribution in [1.82, 2.24) is 9.97 Å². The van der Waals surface area contributed by atoms with E-state index in [4.69, 9.17) is 16.9 Å². The summed E-state index contributed by atoms with van der Waals surface area (Å²) in [5, 5.41) is 8.56. The second-order valence-corrected chi connectivity index (χ2v) is 4.13. The molecular weight excluding hydrogens is 218 g/mol. The molecule has 0 aliphatic carbocycles. The largest absolute Gasteiger partial charge is 0.245 e. The Morgan fingerprint density at radius 3 is 2.64 bits per heavy atom. The van der Waals surface area contributed by atoms with Gasteiger partial charge in [0.1, 0.15) is 11.8 Å². The van der Waals surface area contributed by atoms with Crippen LogP contribution in [-0.4, -0.2) is 9.97 Å². The summed E-state index contributed by atoms with van der Waals surface area (Å²) in [5.74, 6) is 0. The van der Waals surface area contributed by atoms with Crippen LogP contribution in [0.25, 0.3) is 10.4 Å². The molecule has 2 aromatic rings. The predicted octanol–water partition coefficient (Wildman–Crippen LogP) is 2.73. The highest BCUT2D eigenvalue weighted by molar-refractivity contribution is 7.18. The van der Waals surface area contributed by atoms with Crippen LogP contribution in [0.4, 0.5) is 0 Å². The molecule has 3 nitrogen and oxygen atoms in total. The zero-order chi connectivity index (χ0) is 9.97. The Hall–Kier alpha value is -1.44. The first kappa shape index (κ1) is 9.13. The van der Waals surface area contributed by atoms with E-state index in [9.17, 15) is 0 Å². The summed E-state index contributed by atoms with van der Waals surface area (Å²) >= 11 is 7.09. The van der Waals surface area contributed by atoms with Gasteiger partial charge in [0.05, 0.1) is 4.88 Å². The van der Waals surface area contributed by atoms with E-state index in [0.29, 0.717) is 10.2 Å². The molecule has 0 aliphatic heterocycles. The molecule has 0 aliphatic rings. The molecule has 0 saturated heterocycles. The number of rotatable bonds is 1. The van der Waals surface area contributed by atoms with Crippen LogP contribution in [0.15, 0.2) is 24.5 Å². The fourth-order valence-electron chi connectivity index (χ4n) is 0.992. The van der Waals surface area contributed by atoms with E-state index in [1.165, 1.54) is 11.3 Å². The average Bonchev–Trinajstić information content (AvgIpc) is 2.65. The second kappa shape index (κ2) is 3.74. The van der Waals surface area contributed by atoms with Gasteiger partial charge in [0, 0.05) is 18.0 Å². The van der Waals surface area contributed by atoms with Gasteiger partial charge in [-0.05, 0) is 12.1 Å². The topological polar surface area (TPSA) is 49.6 Å². The molecule has 5 heteroatoms. The Bertz CT molecular complexity index is 484. The number of nitrogens with zero attached hydrogens (tertiary/aromatic N) is 3. The van der Waals surface area contributed by atoms with E-state index in [1.54, 1.807) is 18.5 Å². The van der Waals surface area contributed by atoms with Gasteiger partial charge < -0.3 is 0 Å². The molecule has 0 amide bonds. The molecule has 0 bridgehead atoms. The Morgan fingerprint density at radius 2 is 2.14 bits per heavy atom. The zero-order valence-corrected chi connectivity index (χ0v) is 8.51. The molecule has 0 atom stereocenters. The molecule has 2 aromatic heterocycles. The number of pyridine rings is 1. The lowest BCUT2D eigenvalue weighted by atomic mass is 10.2. The molecule has 0 N–H and O–H groups in total. The average molecular weight is 222 g/mol. The van der Waals surface area contributed by atoms with Crippen LogP contribution in [-0.2, 0) is 0 Å². The Kier molecular flexibility index (Phi) is 2.44. The smallest absolute Gasteiger partial charge is 0.184 e. The molecule has 0 radical (unpaired) electrons. The van der Waals surface area contributed by atoms with Gasteiger partial charge in [-0.1, -0.05) is 11.6 Å². The van der Waals surface area contributed by atoms with Crippen molar-refractivity contribution in [3.8, 4) is 16.5 Å². The molecule has 14 heavy (non-hydrogen) atoms. The van der Waals surface area contributed by atoms with Crippen LogP contribution >= 0.6 is 22.9 Å². The normalized spacial score (nSPS) is 9.71. The van der Waals surface area contributed by atoms with Crippen LogP contribution in [0.3, 0.4) is 0 Å². The summed E-state index contributed by atoms with van der Waals surface area (Å²) in [6.45, 7) is 0. The monoisotopic (exact) mass is 221 g/mol. The van der Waals surface area contributed by atoms with E-state index in [1.807, 2.05) is 12.1 Å². The van der Waals surface area contributed by atoms with Crippen molar-refractivity contribution < 1.29 is 0 Å². The summed E-state index contributed by atoms with van der Waals surface area (Å²) in [7, 11) is 0. The van der Waals surface area contributed by atoms with Gasteiger partial charge in [0.15, 0.2) is 4.47 Å². The summed E-state index contributed by atoms with van der Waals surface area (Å²) in [5.41, 5.74) is 1.33. The highest BCUT2D eigenvalue weighted by atomic mass is 35.5. The van der Waals surface area contributed by atoms with Crippen molar-refractivity contribution in [2.45, 2.75) is 0 Å². The van der Waals surface area contributed by atoms with Crippen molar-refractivity contribution in [2.75, 3.05) is 0 Å². The third-order valence-electron chi connectivity index (χ3n) is 1.64. The minimum absolute atomic E-state index is 0.407. The van der Waals surface area contributed by atoms with E-state index in [-0.39, 0.29) is 0 Å². The SMILES string of the molecule is N#Cc1ccc(-c2cnc(Cl)s2)cn1. The quantitative estimate of drug-likeness (QED) is 0.744. The molecule has 68 valence electrons. The van der Waals surface area contributed by atoms with Crippen LogP contribution in [0.2, 0.25) is 4.47 Å². The zero-order valence-electron chi connectivity index (χ0n) is 6.94. The number of aromatic nitrogens is 2. The highest BCUT2D eigenvalue weighted by Gasteiger charge is 2.02. The van der Waals surface area contributed by atoms with Crippen molar-refractivity contribution >= 4 is 22.9 Å². The van der Waals surface area contributed by atoms with Gasteiger partial charge >= 0.3 is 0 Å². The van der Waals surface area contributed by atoms with Gasteiger partial charge in [-0.3, -0.25) is 0 Å². The van der Waals surface area contributed by atoms with Crippen LogP contribution < -0.4 is 0 Å². The van der Waals surface area contributed by atoms with Crippen LogP contribution in [0.5, 0.6) is 0 Å². The molecule has 0 aromatic carbocycles. The van der Waals surface area contributed by atoms with Crippen LogP contribution in [0, 0.1) is 11.3 Å². The second-order valence-electron chi connectivity index (χ2n) is 2.52. The highest BCUT2D eigenvalue weighted by Crippen LogP contribution is 2.27. The molecule has 2 heterocycles. The molecule has 0 fully saturated rings. The van der Waals surface area contributed by atoms with E-state index in [0.717, 1.165) is 10.4 Å². The first-order chi connectivity index (χ1) is 6.79. The van der Waals surface area contributed by atoms with Crippen molar-refractivity contribution in [3.63, 3.8) is 0 Å². The lowest BCUT2D eigenvalue weighted by molar-refractivity contribution is 1.27. The van der Waals surface area contributed by atoms with Gasteiger partial charge in [0.25, 0.3) is 0 Å². The molecule has 2 rings (SSSR count). The lowest BCUT2D eigenvalue weighted by Crippen LogP contribution is -1.81. The summed E-state index contributed by atoms with van der Waals surface area (Å²) in [6, 6.07) is 5.46. The number of thiazole rings is 1. The fraction of sp³-hybridized carbons (Fsp3) is 0. The first-order valence-electron chi connectivity index (χ1n) is 3.77. The third-order valence-corrected chi connectivity index (χ3v) is 2.80. The standard InChI is InChI=1S/C9H4ClN3S/c10-9-13-5-8(14-9)6-1-2-7(3-11)12-4-6/h1-2,4-5H. The van der Waals surface area contributed by atoms with Crippen LogP contribution in [0.1, 0.15) is 5.69 Å². The molecule has 0 saturated carbocycles. The van der Waals surface area contributed by atoms with Crippen molar-refractivity contribution in [2.24, 2.45) is 0 Å². The maximum atomic E-state index is 8.56. The maximum Gasteiger partial charge on any atom is 0.184 e. The lowest BCUT2D eigenvalue weighted by Gasteiger charge is -1.94. The Morgan fingerprint density at radius 1 is 1.29 bits per heavy atom.